The smallest absolute Gasteiger partial charge is 0.305 e. The van der Waals surface area contributed by atoms with Crippen molar-refractivity contribution in [1.29, 1.82) is 0 Å². The Morgan fingerprint density at radius 2 is 2.00 bits per heavy atom. The average molecular weight is 289 g/mol. The molecule has 0 aliphatic heterocycles. The molecule has 2 N–H and O–H groups in total. The zero-order chi connectivity index (χ0) is 15.5. The molecule has 114 valence electrons. The second-order valence-electron chi connectivity index (χ2n) is 6.18. The predicted molar refractivity (Wildman–Crippen MR) is 81.2 cm³/mol. The minimum atomic E-state index is -0.843. The third kappa shape index (κ3) is 4.06. The van der Waals surface area contributed by atoms with Crippen LogP contribution in [0.1, 0.15) is 48.8 Å². The van der Waals surface area contributed by atoms with Crippen molar-refractivity contribution in [3.05, 3.63) is 34.9 Å². The number of carbonyl (C=O) groups excluding carboxylic acids is 1. The van der Waals surface area contributed by atoms with Gasteiger partial charge in [-0.25, -0.2) is 0 Å². The number of amides is 1. The average Bonchev–Trinajstić information content (AvgIpc) is 2.34. The van der Waals surface area contributed by atoms with Crippen LogP contribution in [-0.2, 0) is 16.0 Å². The van der Waals surface area contributed by atoms with Gasteiger partial charge in [0.05, 0.1) is 12.0 Å². The van der Waals surface area contributed by atoms with E-state index in [1.54, 1.807) is 0 Å². The zero-order valence-electron chi connectivity index (χ0n) is 12.7. The first-order chi connectivity index (χ1) is 9.90. The summed E-state index contributed by atoms with van der Waals surface area (Å²) in [4.78, 5) is 23.0. The fourth-order valence-electron chi connectivity index (χ4n) is 2.97. The van der Waals surface area contributed by atoms with Crippen LogP contribution < -0.4 is 5.32 Å². The maximum Gasteiger partial charge on any atom is 0.305 e. The number of carboxylic acid groups (broad SMARTS) is 1. The summed E-state index contributed by atoms with van der Waals surface area (Å²) in [6.45, 7) is 4.10. The van der Waals surface area contributed by atoms with Gasteiger partial charge in [0, 0.05) is 6.42 Å². The van der Waals surface area contributed by atoms with Gasteiger partial charge >= 0.3 is 5.97 Å². The lowest BCUT2D eigenvalue weighted by molar-refractivity contribution is -0.140. The summed E-state index contributed by atoms with van der Waals surface area (Å²) in [5.41, 5.74) is 3.10. The Hall–Kier alpha value is -1.84. The van der Waals surface area contributed by atoms with E-state index in [9.17, 15) is 9.59 Å². The number of rotatable bonds is 6. The van der Waals surface area contributed by atoms with E-state index in [4.69, 9.17) is 5.11 Å². The zero-order valence-corrected chi connectivity index (χ0v) is 12.7. The number of aliphatic carboxylic acids is 1. The third-order valence-corrected chi connectivity index (χ3v) is 4.32. The van der Waals surface area contributed by atoms with Crippen LogP contribution in [-0.4, -0.2) is 22.5 Å². The number of nitrogens with one attached hydrogen (secondary N) is 1. The first-order valence-corrected chi connectivity index (χ1v) is 7.49. The van der Waals surface area contributed by atoms with Crippen LogP contribution in [0.15, 0.2) is 18.2 Å². The number of carbonyl (C=O) groups is 2. The lowest BCUT2D eigenvalue weighted by atomic mass is 9.74. The molecule has 0 bridgehead atoms. The highest BCUT2D eigenvalue weighted by atomic mass is 16.4. The van der Waals surface area contributed by atoms with E-state index in [2.05, 4.69) is 37.4 Å². The van der Waals surface area contributed by atoms with Gasteiger partial charge in [-0.2, -0.15) is 0 Å². The SMILES string of the molecule is Cc1ccc(CCC(=O)NC2(CC(=O)O)CCC2)c(C)c1. The van der Waals surface area contributed by atoms with Crippen molar-refractivity contribution in [2.45, 2.75) is 57.9 Å². The molecule has 0 radical (unpaired) electrons. The highest BCUT2D eigenvalue weighted by Crippen LogP contribution is 2.35. The highest BCUT2D eigenvalue weighted by molar-refractivity contribution is 5.78. The molecule has 4 heteroatoms. The van der Waals surface area contributed by atoms with Crippen molar-refractivity contribution in [1.82, 2.24) is 5.32 Å². The fraction of sp³-hybridized carbons (Fsp3) is 0.529. The highest BCUT2D eigenvalue weighted by Gasteiger charge is 2.40. The molecule has 2 rings (SSSR count). The minimum Gasteiger partial charge on any atom is -0.481 e. The first-order valence-electron chi connectivity index (χ1n) is 7.49. The Morgan fingerprint density at radius 3 is 2.52 bits per heavy atom. The van der Waals surface area contributed by atoms with Crippen molar-refractivity contribution in [2.75, 3.05) is 0 Å². The Kier molecular flexibility index (Phi) is 4.66. The Balaban J connectivity index is 1.88. The van der Waals surface area contributed by atoms with Gasteiger partial charge in [-0.1, -0.05) is 23.8 Å². The second-order valence-corrected chi connectivity index (χ2v) is 6.18. The molecule has 1 aliphatic carbocycles. The van der Waals surface area contributed by atoms with Crippen molar-refractivity contribution < 1.29 is 14.7 Å². The van der Waals surface area contributed by atoms with Gasteiger partial charge in [-0.3, -0.25) is 9.59 Å². The summed E-state index contributed by atoms with van der Waals surface area (Å²) in [6.07, 6.45) is 3.67. The third-order valence-electron chi connectivity index (χ3n) is 4.32. The molecule has 0 atom stereocenters. The summed E-state index contributed by atoms with van der Waals surface area (Å²) in [6, 6.07) is 6.23. The molecule has 0 unspecified atom stereocenters. The van der Waals surface area contributed by atoms with Crippen LogP contribution in [0.3, 0.4) is 0 Å². The van der Waals surface area contributed by atoms with Gasteiger partial charge in [-0.05, 0) is 50.7 Å². The van der Waals surface area contributed by atoms with Crippen LogP contribution >= 0.6 is 0 Å². The van der Waals surface area contributed by atoms with Crippen LogP contribution in [0.4, 0.5) is 0 Å². The molecule has 1 fully saturated rings. The van der Waals surface area contributed by atoms with Crippen molar-refractivity contribution in [3.63, 3.8) is 0 Å². The van der Waals surface area contributed by atoms with Crippen LogP contribution in [0.2, 0.25) is 0 Å². The molecule has 1 aromatic carbocycles. The van der Waals surface area contributed by atoms with E-state index in [0.29, 0.717) is 12.8 Å². The summed E-state index contributed by atoms with van der Waals surface area (Å²) in [5, 5.41) is 11.9. The molecule has 0 spiro atoms. The maximum absolute atomic E-state index is 12.1. The quantitative estimate of drug-likeness (QED) is 0.846. The monoisotopic (exact) mass is 289 g/mol. The number of aryl methyl sites for hydroxylation is 3. The molecule has 0 aromatic heterocycles. The van der Waals surface area contributed by atoms with E-state index >= 15 is 0 Å². The molecule has 1 saturated carbocycles. The lowest BCUT2D eigenvalue weighted by Crippen LogP contribution is -2.54. The van der Waals surface area contributed by atoms with E-state index in [1.807, 2.05) is 0 Å². The molecule has 4 nitrogen and oxygen atoms in total. The minimum absolute atomic E-state index is 0.0301. The van der Waals surface area contributed by atoms with Crippen molar-refractivity contribution >= 4 is 11.9 Å². The topological polar surface area (TPSA) is 66.4 Å². The van der Waals surface area contributed by atoms with Crippen LogP contribution in [0.25, 0.3) is 0 Å². The van der Waals surface area contributed by atoms with Gasteiger partial charge in [0.2, 0.25) is 5.91 Å². The van der Waals surface area contributed by atoms with Gasteiger partial charge in [-0.15, -0.1) is 0 Å². The number of benzene rings is 1. The first kappa shape index (κ1) is 15.5. The standard InChI is InChI=1S/C17H23NO3/c1-12-4-5-14(13(2)10-12)6-7-15(19)18-17(8-3-9-17)11-16(20)21/h4-5,10H,3,6-9,11H2,1-2H3,(H,18,19)(H,20,21). The van der Waals surface area contributed by atoms with E-state index in [1.165, 1.54) is 16.7 Å². The van der Waals surface area contributed by atoms with Crippen molar-refractivity contribution in [3.8, 4) is 0 Å². The molecule has 21 heavy (non-hydrogen) atoms. The fourth-order valence-corrected chi connectivity index (χ4v) is 2.97. The maximum atomic E-state index is 12.1. The lowest BCUT2D eigenvalue weighted by Gasteiger charge is -2.41. The van der Waals surface area contributed by atoms with E-state index < -0.39 is 11.5 Å². The van der Waals surface area contributed by atoms with Crippen LogP contribution in [0.5, 0.6) is 0 Å². The molecule has 1 amide bonds. The Labute approximate surface area is 125 Å². The number of hydrogen-bond acceptors (Lipinski definition) is 2. The molecular weight excluding hydrogens is 266 g/mol. The van der Waals surface area contributed by atoms with Gasteiger partial charge in [0.25, 0.3) is 0 Å². The van der Waals surface area contributed by atoms with Gasteiger partial charge < -0.3 is 10.4 Å². The molecular formula is C17H23NO3. The van der Waals surface area contributed by atoms with Crippen LogP contribution in [0, 0.1) is 13.8 Å². The Bertz CT molecular complexity index is 547. The molecule has 1 aliphatic rings. The van der Waals surface area contributed by atoms with Gasteiger partial charge in [0.1, 0.15) is 0 Å². The molecule has 0 saturated heterocycles. The van der Waals surface area contributed by atoms with E-state index in [-0.39, 0.29) is 12.3 Å². The normalized spacial score (nSPS) is 16.1. The Morgan fingerprint density at radius 1 is 1.29 bits per heavy atom. The predicted octanol–water partition coefficient (Wildman–Crippen LogP) is 2.75. The van der Waals surface area contributed by atoms with E-state index in [0.717, 1.165) is 19.3 Å². The molecule has 1 aromatic rings. The van der Waals surface area contributed by atoms with Gasteiger partial charge in [0.15, 0.2) is 0 Å². The largest absolute Gasteiger partial charge is 0.481 e. The number of carboxylic acids is 1. The van der Waals surface area contributed by atoms with Crippen molar-refractivity contribution in [2.24, 2.45) is 0 Å². The molecule has 0 heterocycles. The summed E-state index contributed by atoms with van der Waals surface area (Å²) >= 11 is 0. The summed E-state index contributed by atoms with van der Waals surface area (Å²) in [5.74, 6) is -0.889. The summed E-state index contributed by atoms with van der Waals surface area (Å²) < 4.78 is 0. The summed E-state index contributed by atoms with van der Waals surface area (Å²) in [7, 11) is 0. The second kappa shape index (κ2) is 6.29. The number of hydrogen-bond donors (Lipinski definition) is 2.